The summed E-state index contributed by atoms with van der Waals surface area (Å²) in [6.07, 6.45) is 5.00. The van der Waals surface area contributed by atoms with Gasteiger partial charge in [0.25, 0.3) is 0 Å². The summed E-state index contributed by atoms with van der Waals surface area (Å²) in [5.41, 5.74) is 1.90. The van der Waals surface area contributed by atoms with Crippen LogP contribution in [0.2, 0.25) is 0 Å². The Bertz CT molecular complexity index is 528. The first-order chi connectivity index (χ1) is 9.74. The van der Waals surface area contributed by atoms with Crippen LogP contribution in [0.5, 0.6) is 0 Å². The van der Waals surface area contributed by atoms with Gasteiger partial charge >= 0.3 is 0 Å². The molecule has 0 N–H and O–H groups in total. The molecule has 0 radical (unpaired) electrons. The maximum absolute atomic E-state index is 5.99. The first kappa shape index (κ1) is 13.6. The van der Waals surface area contributed by atoms with Crippen molar-refractivity contribution in [1.82, 2.24) is 9.88 Å². The van der Waals surface area contributed by atoms with Crippen molar-refractivity contribution < 1.29 is 4.42 Å². The van der Waals surface area contributed by atoms with Gasteiger partial charge in [-0.3, -0.25) is 4.90 Å². The molecular weight excluding hydrogens is 248 g/mol. The zero-order chi connectivity index (χ0) is 13.9. The Balaban J connectivity index is 1.81. The van der Waals surface area contributed by atoms with E-state index in [1.54, 1.807) is 0 Å². The normalized spacial score (nSPS) is 20.9. The molecule has 1 atom stereocenters. The Morgan fingerprint density at radius 1 is 1.30 bits per heavy atom. The van der Waals surface area contributed by atoms with Gasteiger partial charge in [0.05, 0.1) is 6.04 Å². The molecule has 2 aromatic rings. The number of fused-ring (bicyclic) bond motifs is 1. The van der Waals surface area contributed by atoms with Gasteiger partial charge in [0, 0.05) is 0 Å². The molecule has 3 nitrogen and oxygen atoms in total. The number of likely N-dealkylation sites (tertiary alicyclic amines) is 1. The van der Waals surface area contributed by atoms with Gasteiger partial charge in [0.2, 0.25) is 5.89 Å². The van der Waals surface area contributed by atoms with Gasteiger partial charge in [-0.2, -0.15) is 0 Å². The Kier molecular flexibility index (Phi) is 4.06. The largest absolute Gasteiger partial charge is 0.439 e. The molecule has 1 aromatic heterocycles. The second-order valence-electron chi connectivity index (χ2n) is 6.25. The van der Waals surface area contributed by atoms with Gasteiger partial charge in [-0.05, 0) is 50.4 Å². The molecule has 3 rings (SSSR count). The van der Waals surface area contributed by atoms with E-state index < -0.39 is 0 Å². The summed E-state index contributed by atoms with van der Waals surface area (Å²) in [6.45, 7) is 6.91. The summed E-state index contributed by atoms with van der Waals surface area (Å²) < 4.78 is 5.99. The molecule has 1 aromatic carbocycles. The highest BCUT2D eigenvalue weighted by Gasteiger charge is 2.27. The monoisotopic (exact) mass is 272 g/mol. The first-order valence-electron chi connectivity index (χ1n) is 7.83. The van der Waals surface area contributed by atoms with E-state index in [9.17, 15) is 0 Å². The van der Waals surface area contributed by atoms with Crippen LogP contribution in [0.4, 0.5) is 0 Å². The number of hydrogen-bond acceptors (Lipinski definition) is 3. The summed E-state index contributed by atoms with van der Waals surface area (Å²) in [4.78, 5) is 7.27. The van der Waals surface area contributed by atoms with Crippen molar-refractivity contribution in [1.29, 1.82) is 0 Å². The lowest BCUT2D eigenvalue weighted by atomic mass is 10.0. The average Bonchev–Trinajstić information content (AvgIpc) is 2.89. The van der Waals surface area contributed by atoms with Crippen LogP contribution in [0.25, 0.3) is 11.1 Å². The number of piperidine rings is 1. The van der Waals surface area contributed by atoms with E-state index in [-0.39, 0.29) is 0 Å². The minimum absolute atomic E-state index is 0.370. The smallest absolute Gasteiger partial charge is 0.212 e. The third-order valence-electron chi connectivity index (χ3n) is 4.20. The van der Waals surface area contributed by atoms with Crippen LogP contribution in [0.15, 0.2) is 28.7 Å². The van der Waals surface area contributed by atoms with Crippen LogP contribution in [0.3, 0.4) is 0 Å². The zero-order valence-corrected chi connectivity index (χ0v) is 12.5. The van der Waals surface area contributed by atoms with Crippen molar-refractivity contribution in [3.05, 3.63) is 30.2 Å². The lowest BCUT2D eigenvalue weighted by molar-refractivity contribution is 0.121. The number of benzene rings is 1. The molecule has 0 amide bonds. The molecular formula is C17H24N2O. The molecule has 1 aliphatic heterocycles. The summed E-state index contributed by atoms with van der Waals surface area (Å²) in [5, 5.41) is 0. The van der Waals surface area contributed by atoms with Gasteiger partial charge in [-0.15, -0.1) is 0 Å². The van der Waals surface area contributed by atoms with Gasteiger partial charge in [0.15, 0.2) is 5.58 Å². The van der Waals surface area contributed by atoms with E-state index in [2.05, 4.69) is 18.7 Å². The number of rotatable bonds is 4. The predicted molar refractivity (Wildman–Crippen MR) is 81.6 cm³/mol. The second kappa shape index (κ2) is 5.96. The minimum atomic E-state index is 0.370. The second-order valence-corrected chi connectivity index (χ2v) is 6.25. The molecule has 0 saturated carbocycles. The molecule has 1 fully saturated rings. The fourth-order valence-corrected chi connectivity index (χ4v) is 2.99. The molecule has 1 aliphatic rings. The molecule has 0 spiro atoms. The lowest BCUT2D eigenvalue weighted by Crippen LogP contribution is -2.34. The molecule has 20 heavy (non-hydrogen) atoms. The summed E-state index contributed by atoms with van der Waals surface area (Å²) in [6, 6.07) is 8.44. The summed E-state index contributed by atoms with van der Waals surface area (Å²) >= 11 is 0. The van der Waals surface area contributed by atoms with Gasteiger partial charge in [-0.1, -0.05) is 32.4 Å². The van der Waals surface area contributed by atoms with E-state index in [1.165, 1.54) is 32.2 Å². The van der Waals surface area contributed by atoms with E-state index in [4.69, 9.17) is 9.40 Å². The van der Waals surface area contributed by atoms with Crippen LogP contribution < -0.4 is 0 Å². The van der Waals surface area contributed by atoms with Gasteiger partial charge in [0.1, 0.15) is 5.52 Å². The van der Waals surface area contributed by atoms with Crippen molar-refractivity contribution in [2.45, 2.75) is 45.6 Å². The predicted octanol–water partition coefficient (Wildman–Crippen LogP) is 4.40. The molecule has 0 bridgehead atoms. The number of hydrogen-bond donors (Lipinski definition) is 0. The Morgan fingerprint density at radius 2 is 2.15 bits per heavy atom. The highest BCUT2D eigenvalue weighted by Crippen LogP contribution is 2.32. The fourth-order valence-electron chi connectivity index (χ4n) is 2.99. The molecule has 0 aliphatic carbocycles. The van der Waals surface area contributed by atoms with E-state index in [0.29, 0.717) is 6.04 Å². The summed E-state index contributed by atoms with van der Waals surface area (Å²) in [5.74, 6) is 1.66. The van der Waals surface area contributed by atoms with E-state index >= 15 is 0 Å². The van der Waals surface area contributed by atoms with Gasteiger partial charge < -0.3 is 4.42 Å². The lowest BCUT2D eigenvalue weighted by Gasteiger charge is -2.34. The quantitative estimate of drug-likeness (QED) is 0.826. The van der Waals surface area contributed by atoms with Crippen molar-refractivity contribution in [3.63, 3.8) is 0 Å². The average molecular weight is 272 g/mol. The number of nitrogens with zero attached hydrogens (tertiary/aromatic N) is 2. The van der Waals surface area contributed by atoms with Gasteiger partial charge in [-0.25, -0.2) is 4.98 Å². The SMILES string of the molecule is CC(C)CCN1CCCCC1c1nc2ccccc2o1. The molecule has 2 heterocycles. The van der Waals surface area contributed by atoms with E-state index in [1.807, 2.05) is 24.3 Å². The Hall–Kier alpha value is -1.35. The van der Waals surface area contributed by atoms with Crippen LogP contribution in [-0.4, -0.2) is 23.0 Å². The molecule has 1 unspecified atom stereocenters. The van der Waals surface area contributed by atoms with Crippen molar-refractivity contribution >= 4 is 11.1 Å². The van der Waals surface area contributed by atoms with Crippen LogP contribution in [-0.2, 0) is 0 Å². The van der Waals surface area contributed by atoms with E-state index in [0.717, 1.165) is 29.5 Å². The number of oxazole rings is 1. The third-order valence-corrected chi connectivity index (χ3v) is 4.20. The number of aromatic nitrogens is 1. The maximum Gasteiger partial charge on any atom is 0.212 e. The molecule has 108 valence electrons. The maximum atomic E-state index is 5.99. The first-order valence-corrected chi connectivity index (χ1v) is 7.83. The topological polar surface area (TPSA) is 29.3 Å². The summed E-state index contributed by atoms with van der Waals surface area (Å²) in [7, 11) is 0. The highest BCUT2D eigenvalue weighted by molar-refractivity contribution is 5.72. The fraction of sp³-hybridized carbons (Fsp3) is 0.588. The Morgan fingerprint density at radius 3 is 2.95 bits per heavy atom. The number of para-hydroxylation sites is 2. The Labute approximate surface area is 121 Å². The van der Waals surface area contributed by atoms with Crippen LogP contribution in [0.1, 0.15) is 51.5 Å². The van der Waals surface area contributed by atoms with Crippen molar-refractivity contribution in [3.8, 4) is 0 Å². The standard InChI is InChI=1S/C17H24N2O/c1-13(2)10-12-19-11-6-5-8-15(19)17-18-14-7-3-4-9-16(14)20-17/h3-4,7,9,13,15H,5-6,8,10-12H2,1-2H3. The van der Waals surface area contributed by atoms with Crippen molar-refractivity contribution in [2.24, 2.45) is 5.92 Å². The van der Waals surface area contributed by atoms with Crippen molar-refractivity contribution in [2.75, 3.05) is 13.1 Å². The highest BCUT2D eigenvalue weighted by atomic mass is 16.3. The molecule has 1 saturated heterocycles. The van der Waals surface area contributed by atoms with Crippen LogP contribution >= 0.6 is 0 Å². The zero-order valence-electron chi connectivity index (χ0n) is 12.5. The minimum Gasteiger partial charge on any atom is -0.439 e. The molecule has 3 heteroatoms. The third kappa shape index (κ3) is 2.88. The van der Waals surface area contributed by atoms with Crippen LogP contribution in [0, 0.1) is 5.92 Å².